The number of rotatable bonds is 7. The summed E-state index contributed by atoms with van der Waals surface area (Å²) in [6, 6.07) is 11.7. The largest absolute Gasteiger partial charge is 0.376 e. The Balaban J connectivity index is 1.97. The van der Waals surface area contributed by atoms with E-state index in [0.29, 0.717) is 5.02 Å². The number of amides is 1. The lowest BCUT2D eigenvalue weighted by molar-refractivity contribution is -0.114. The predicted octanol–water partition coefficient (Wildman–Crippen LogP) is 4.85. The van der Waals surface area contributed by atoms with Gasteiger partial charge < -0.3 is 15.5 Å². The number of aryl methyl sites for hydroxylation is 2. The molecule has 0 aliphatic carbocycles. The standard InChI is InChI=1S/C20H26ClN3O/c1-5-24(6-2)17-8-10-18(15(4)12-17)22-13-20(25)23-19-9-7-16(21)11-14(19)3/h7-12,22H,5-6,13H2,1-4H3,(H,23,25). The number of carbonyl (C=O) groups excluding carboxylic acids is 1. The number of carbonyl (C=O) groups is 1. The molecule has 2 rings (SSSR count). The zero-order valence-electron chi connectivity index (χ0n) is 15.3. The SMILES string of the molecule is CCN(CC)c1ccc(NCC(=O)Nc2ccc(Cl)cc2C)c(C)c1. The van der Waals surface area contributed by atoms with Crippen LogP contribution in [0.1, 0.15) is 25.0 Å². The van der Waals surface area contributed by atoms with E-state index in [4.69, 9.17) is 11.6 Å². The van der Waals surface area contributed by atoms with Crippen LogP contribution < -0.4 is 15.5 Å². The number of halogens is 1. The third-order valence-corrected chi connectivity index (χ3v) is 4.48. The highest BCUT2D eigenvalue weighted by atomic mass is 35.5. The molecule has 0 unspecified atom stereocenters. The van der Waals surface area contributed by atoms with Crippen LogP contribution in [-0.4, -0.2) is 25.5 Å². The molecule has 4 nitrogen and oxygen atoms in total. The minimum atomic E-state index is -0.0855. The summed E-state index contributed by atoms with van der Waals surface area (Å²) in [4.78, 5) is 14.5. The summed E-state index contributed by atoms with van der Waals surface area (Å²) >= 11 is 5.94. The Morgan fingerprint density at radius 3 is 2.24 bits per heavy atom. The van der Waals surface area contributed by atoms with Crippen molar-refractivity contribution < 1.29 is 4.79 Å². The second-order valence-electron chi connectivity index (χ2n) is 6.03. The fourth-order valence-electron chi connectivity index (χ4n) is 2.77. The Morgan fingerprint density at radius 1 is 1.00 bits per heavy atom. The first-order chi connectivity index (χ1) is 11.9. The van der Waals surface area contributed by atoms with Gasteiger partial charge in [-0.25, -0.2) is 0 Å². The molecule has 0 aliphatic rings. The maximum absolute atomic E-state index is 12.2. The summed E-state index contributed by atoms with van der Waals surface area (Å²) in [6.07, 6.45) is 0. The van der Waals surface area contributed by atoms with Crippen molar-refractivity contribution in [3.8, 4) is 0 Å². The van der Waals surface area contributed by atoms with Gasteiger partial charge in [0.1, 0.15) is 0 Å². The first kappa shape index (κ1) is 19.1. The van der Waals surface area contributed by atoms with E-state index >= 15 is 0 Å². The highest BCUT2D eigenvalue weighted by Gasteiger charge is 2.08. The van der Waals surface area contributed by atoms with E-state index < -0.39 is 0 Å². The van der Waals surface area contributed by atoms with Gasteiger partial charge in [-0.1, -0.05) is 11.6 Å². The van der Waals surface area contributed by atoms with Crippen molar-refractivity contribution >= 4 is 34.6 Å². The van der Waals surface area contributed by atoms with Gasteiger partial charge in [0, 0.05) is 35.2 Å². The van der Waals surface area contributed by atoms with Crippen molar-refractivity contribution in [3.05, 3.63) is 52.5 Å². The fraction of sp³-hybridized carbons (Fsp3) is 0.350. The van der Waals surface area contributed by atoms with Gasteiger partial charge in [0.2, 0.25) is 5.91 Å². The van der Waals surface area contributed by atoms with Crippen LogP contribution >= 0.6 is 11.6 Å². The lowest BCUT2D eigenvalue weighted by atomic mass is 10.1. The molecule has 0 fully saturated rings. The van der Waals surface area contributed by atoms with Crippen molar-refractivity contribution in [2.75, 3.05) is 35.2 Å². The number of nitrogens with one attached hydrogen (secondary N) is 2. The minimum Gasteiger partial charge on any atom is -0.376 e. The third-order valence-electron chi connectivity index (χ3n) is 4.24. The number of benzene rings is 2. The van der Waals surface area contributed by atoms with E-state index in [1.54, 1.807) is 6.07 Å². The molecule has 2 aromatic carbocycles. The number of hydrogen-bond donors (Lipinski definition) is 2. The Bertz CT molecular complexity index is 742. The molecule has 0 heterocycles. The Hall–Kier alpha value is -2.20. The molecule has 1 amide bonds. The molecule has 5 heteroatoms. The van der Waals surface area contributed by atoms with Crippen LogP contribution in [0, 0.1) is 13.8 Å². The summed E-state index contributed by atoms with van der Waals surface area (Å²) in [7, 11) is 0. The molecule has 0 aliphatic heterocycles. The number of nitrogens with zero attached hydrogens (tertiary/aromatic N) is 1. The van der Waals surface area contributed by atoms with Crippen LogP contribution in [0.5, 0.6) is 0 Å². The van der Waals surface area contributed by atoms with Crippen LogP contribution in [0.4, 0.5) is 17.1 Å². The minimum absolute atomic E-state index is 0.0855. The van der Waals surface area contributed by atoms with Gasteiger partial charge in [-0.3, -0.25) is 4.79 Å². The average Bonchev–Trinajstić information content (AvgIpc) is 2.58. The average molecular weight is 360 g/mol. The van der Waals surface area contributed by atoms with Gasteiger partial charge in [-0.05, 0) is 75.2 Å². The zero-order valence-corrected chi connectivity index (χ0v) is 16.1. The number of hydrogen-bond acceptors (Lipinski definition) is 3. The van der Waals surface area contributed by atoms with Gasteiger partial charge in [-0.2, -0.15) is 0 Å². The van der Waals surface area contributed by atoms with Gasteiger partial charge >= 0.3 is 0 Å². The Labute approximate surface area is 155 Å². The Kier molecular flexibility index (Phi) is 6.71. The van der Waals surface area contributed by atoms with E-state index in [1.165, 1.54) is 5.69 Å². The molecule has 0 bridgehead atoms. The molecule has 2 N–H and O–H groups in total. The van der Waals surface area contributed by atoms with E-state index in [9.17, 15) is 4.79 Å². The monoisotopic (exact) mass is 359 g/mol. The molecule has 25 heavy (non-hydrogen) atoms. The topological polar surface area (TPSA) is 44.4 Å². The van der Waals surface area contributed by atoms with Crippen molar-refractivity contribution in [3.63, 3.8) is 0 Å². The Morgan fingerprint density at radius 2 is 1.64 bits per heavy atom. The maximum Gasteiger partial charge on any atom is 0.243 e. The molecular formula is C20H26ClN3O. The highest BCUT2D eigenvalue weighted by Crippen LogP contribution is 2.23. The fourth-order valence-corrected chi connectivity index (χ4v) is 3.00. The summed E-state index contributed by atoms with van der Waals surface area (Å²) in [6.45, 7) is 10.4. The van der Waals surface area contributed by atoms with Crippen LogP contribution in [-0.2, 0) is 4.79 Å². The summed E-state index contributed by atoms with van der Waals surface area (Å²) in [5.74, 6) is -0.0855. The lowest BCUT2D eigenvalue weighted by Crippen LogP contribution is -2.23. The van der Waals surface area contributed by atoms with Crippen molar-refractivity contribution in [2.24, 2.45) is 0 Å². The van der Waals surface area contributed by atoms with E-state index in [-0.39, 0.29) is 12.5 Å². The molecule has 0 atom stereocenters. The van der Waals surface area contributed by atoms with Crippen molar-refractivity contribution in [1.82, 2.24) is 0 Å². The normalized spacial score (nSPS) is 10.4. The molecule has 2 aromatic rings. The smallest absolute Gasteiger partial charge is 0.243 e. The van der Waals surface area contributed by atoms with Gasteiger partial charge in [0.25, 0.3) is 0 Å². The second kappa shape index (κ2) is 8.77. The van der Waals surface area contributed by atoms with Gasteiger partial charge in [-0.15, -0.1) is 0 Å². The zero-order chi connectivity index (χ0) is 18.4. The summed E-state index contributed by atoms with van der Waals surface area (Å²) < 4.78 is 0. The first-order valence-corrected chi connectivity index (χ1v) is 8.97. The molecule has 0 spiro atoms. The highest BCUT2D eigenvalue weighted by molar-refractivity contribution is 6.30. The van der Waals surface area contributed by atoms with Crippen LogP contribution in [0.25, 0.3) is 0 Å². The van der Waals surface area contributed by atoms with Crippen molar-refractivity contribution in [2.45, 2.75) is 27.7 Å². The molecular weight excluding hydrogens is 334 g/mol. The van der Waals surface area contributed by atoms with Gasteiger partial charge in [0.15, 0.2) is 0 Å². The number of anilines is 3. The van der Waals surface area contributed by atoms with Crippen LogP contribution in [0.3, 0.4) is 0 Å². The van der Waals surface area contributed by atoms with E-state index in [0.717, 1.165) is 35.6 Å². The van der Waals surface area contributed by atoms with Gasteiger partial charge in [0.05, 0.1) is 6.54 Å². The summed E-state index contributed by atoms with van der Waals surface area (Å²) in [5.41, 5.74) is 5.03. The van der Waals surface area contributed by atoms with Crippen LogP contribution in [0.15, 0.2) is 36.4 Å². The lowest BCUT2D eigenvalue weighted by Gasteiger charge is -2.22. The predicted molar refractivity (Wildman–Crippen MR) is 108 cm³/mol. The second-order valence-corrected chi connectivity index (χ2v) is 6.47. The first-order valence-electron chi connectivity index (χ1n) is 8.60. The van der Waals surface area contributed by atoms with E-state index in [2.05, 4.69) is 48.4 Å². The molecule has 0 aromatic heterocycles. The molecule has 134 valence electrons. The maximum atomic E-state index is 12.2. The van der Waals surface area contributed by atoms with Crippen LogP contribution in [0.2, 0.25) is 5.02 Å². The molecule has 0 saturated carbocycles. The molecule has 0 saturated heterocycles. The third kappa shape index (κ3) is 5.13. The van der Waals surface area contributed by atoms with Crippen molar-refractivity contribution in [1.29, 1.82) is 0 Å². The summed E-state index contributed by atoms with van der Waals surface area (Å²) in [5, 5.41) is 6.78. The molecule has 0 radical (unpaired) electrons. The van der Waals surface area contributed by atoms with E-state index in [1.807, 2.05) is 25.1 Å². The quantitative estimate of drug-likeness (QED) is 0.742.